The molecule has 0 aromatic heterocycles. The minimum Gasteiger partial charge on any atom is -0.506 e. The number of rotatable bonds is 3. The molecule has 1 N–H and O–H groups in total. The number of nitro groups is 1. The smallest absolute Gasteiger partial charge is 0.271 e. The van der Waals surface area contributed by atoms with E-state index in [2.05, 4.69) is 0 Å². The number of carbonyl (C=O) groups excluding carboxylic acids is 2. The van der Waals surface area contributed by atoms with Gasteiger partial charge >= 0.3 is 0 Å². The number of phenolic OH excluding ortho intramolecular Hbond substituents is 1. The fraction of sp³-hybridized carbons (Fsp3) is 0. The lowest BCUT2D eigenvalue weighted by molar-refractivity contribution is -0.384. The van der Waals surface area contributed by atoms with Crippen molar-refractivity contribution in [3.05, 3.63) is 33.4 Å². The summed E-state index contributed by atoms with van der Waals surface area (Å²) < 4.78 is 0. The van der Waals surface area contributed by atoms with E-state index < -0.39 is 16.4 Å². The highest BCUT2D eigenvalue weighted by Crippen LogP contribution is 2.25. The Balaban J connectivity index is 3.46. The number of aldehydes is 2. The molecule has 0 saturated heterocycles. The van der Waals surface area contributed by atoms with Crippen molar-refractivity contribution in [3.63, 3.8) is 0 Å². The van der Waals surface area contributed by atoms with Gasteiger partial charge in [0.1, 0.15) is 5.75 Å². The predicted molar refractivity (Wildman–Crippen MR) is 45.5 cm³/mol. The lowest BCUT2D eigenvalue weighted by atomic mass is 10.1. The molecule has 1 aromatic carbocycles. The topological polar surface area (TPSA) is 97.5 Å². The summed E-state index contributed by atoms with van der Waals surface area (Å²) in [4.78, 5) is 30.3. The van der Waals surface area contributed by atoms with Gasteiger partial charge in [-0.05, 0) is 0 Å². The Morgan fingerprint density at radius 1 is 1.21 bits per heavy atom. The van der Waals surface area contributed by atoms with E-state index in [0.717, 1.165) is 12.1 Å². The normalized spacial score (nSPS) is 9.43. The highest BCUT2D eigenvalue weighted by molar-refractivity contribution is 5.89. The van der Waals surface area contributed by atoms with Crippen LogP contribution < -0.4 is 0 Å². The van der Waals surface area contributed by atoms with Crippen molar-refractivity contribution in [1.29, 1.82) is 0 Å². The van der Waals surface area contributed by atoms with Gasteiger partial charge in [0.05, 0.1) is 16.1 Å². The molecule has 0 unspecified atom stereocenters. The van der Waals surface area contributed by atoms with Gasteiger partial charge in [0, 0.05) is 12.1 Å². The van der Waals surface area contributed by atoms with Gasteiger partial charge in [-0.15, -0.1) is 0 Å². The number of hydrogen-bond donors (Lipinski definition) is 1. The summed E-state index contributed by atoms with van der Waals surface area (Å²) in [6.45, 7) is 0. The monoisotopic (exact) mass is 195 g/mol. The number of non-ortho nitro benzene ring substituents is 1. The van der Waals surface area contributed by atoms with Gasteiger partial charge in [-0.3, -0.25) is 19.7 Å². The number of carbonyl (C=O) groups is 2. The van der Waals surface area contributed by atoms with Crippen LogP contribution in [0.1, 0.15) is 20.7 Å². The Hall–Kier alpha value is -2.24. The van der Waals surface area contributed by atoms with Crippen LogP contribution in [0, 0.1) is 10.1 Å². The van der Waals surface area contributed by atoms with Crippen molar-refractivity contribution in [2.45, 2.75) is 0 Å². The molecule has 0 aliphatic carbocycles. The fourth-order valence-corrected chi connectivity index (χ4v) is 0.949. The lowest BCUT2D eigenvalue weighted by Crippen LogP contribution is -1.94. The molecule has 0 heterocycles. The summed E-state index contributed by atoms with van der Waals surface area (Å²) in [6.07, 6.45) is 0.491. The summed E-state index contributed by atoms with van der Waals surface area (Å²) >= 11 is 0. The van der Waals surface area contributed by atoms with Gasteiger partial charge in [-0.2, -0.15) is 0 Å². The van der Waals surface area contributed by atoms with Crippen molar-refractivity contribution in [2.75, 3.05) is 0 Å². The van der Waals surface area contributed by atoms with E-state index in [-0.39, 0.29) is 23.7 Å². The molecule has 72 valence electrons. The first-order valence-corrected chi connectivity index (χ1v) is 3.52. The number of aromatic hydroxyl groups is 1. The highest BCUT2D eigenvalue weighted by atomic mass is 16.6. The van der Waals surface area contributed by atoms with Crippen molar-refractivity contribution >= 4 is 18.3 Å². The largest absolute Gasteiger partial charge is 0.506 e. The first-order valence-electron chi connectivity index (χ1n) is 3.52. The van der Waals surface area contributed by atoms with Gasteiger partial charge in [0.25, 0.3) is 5.69 Å². The second-order valence-electron chi connectivity index (χ2n) is 2.47. The second-order valence-corrected chi connectivity index (χ2v) is 2.47. The third kappa shape index (κ3) is 1.58. The average Bonchev–Trinajstić information content (AvgIpc) is 2.17. The van der Waals surface area contributed by atoms with Crippen LogP contribution in [0.5, 0.6) is 5.75 Å². The zero-order chi connectivity index (χ0) is 10.7. The van der Waals surface area contributed by atoms with Crippen molar-refractivity contribution in [3.8, 4) is 5.75 Å². The van der Waals surface area contributed by atoms with E-state index in [1.54, 1.807) is 0 Å². The molecule has 6 heteroatoms. The van der Waals surface area contributed by atoms with Crippen molar-refractivity contribution < 1.29 is 19.6 Å². The van der Waals surface area contributed by atoms with Gasteiger partial charge in [0.15, 0.2) is 12.6 Å². The number of nitro benzene ring substituents is 1. The molecule has 1 rings (SSSR count). The third-order valence-corrected chi connectivity index (χ3v) is 1.62. The van der Waals surface area contributed by atoms with Gasteiger partial charge < -0.3 is 5.11 Å². The van der Waals surface area contributed by atoms with E-state index in [9.17, 15) is 24.8 Å². The summed E-state index contributed by atoms with van der Waals surface area (Å²) in [6, 6.07) is 1.80. The van der Waals surface area contributed by atoms with Crippen LogP contribution in [0.2, 0.25) is 0 Å². The maximum atomic E-state index is 10.4. The molecular weight excluding hydrogens is 190 g/mol. The fourth-order valence-electron chi connectivity index (χ4n) is 0.949. The van der Waals surface area contributed by atoms with E-state index in [1.807, 2.05) is 0 Å². The summed E-state index contributed by atoms with van der Waals surface area (Å²) in [5, 5.41) is 19.6. The zero-order valence-corrected chi connectivity index (χ0v) is 6.84. The van der Waals surface area contributed by atoms with Crippen LogP contribution in [-0.4, -0.2) is 22.6 Å². The number of benzene rings is 1. The Kier molecular flexibility index (Phi) is 2.57. The Morgan fingerprint density at radius 3 is 1.93 bits per heavy atom. The summed E-state index contributed by atoms with van der Waals surface area (Å²) in [7, 11) is 0. The predicted octanol–water partition coefficient (Wildman–Crippen LogP) is 0.925. The van der Waals surface area contributed by atoms with E-state index in [4.69, 9.17) is 0 Å². The molecule has 0 aliphatic heterocycles. The lowest BCUT2D eigenvalue weighted by Gasteiger charge is -2.00. The number of phenols is 1. The minimum atomic E-state index is -0.751. The summed E-state index contributed by atoms with van der Waals surface area (Å²) in [5.41, 5.74) is -0.963. The molecule has 0 fully saturated rings. The molecule has 14 heavy (non-hydrogen) atoms. The Labute approximate surface area is 77.9 Å². The molecule has 0 amide bonds. The standard InChI is InChI=1S/C8H5NO5/c10-3-5-1-7(9(13)14)2-6(4-11)8(5)12/h1-4,12H. The van der Waals surface area contributed by atoms with Gasteiger partial charge in [-0.1, -0.05) is 0 Å². The molecule has 0 atom stereocenters. The molecule has 6 nitrogen and oxygen atoms in total. The number of hydrogen-bond acceptors (Lipinski definition) is 5. The summed E-state index contributed by atoms with van der Waals surface area (Å²) in [5.74, 6) is -0.541. The quantitative estimate of drug-likeness (QED) is 0.439. The first kappa shape index (κ1) is 9.85. The highest BCUT2D eigenvalue weighted by Gasteiger charge is 2.14. The minimum absolute atomic E-state index is 0.245. The van der Waals surface area contributed by atoms with E-state index in [0.29, 0.717) is 0 Å². The molecule has 1 aromatic rings. The van der Waals surface area contributed by atoms with E-state index in [1.165, 1.54) is 0 Å². The molecule has 0 radical (unpaired) electrons. The van der Waals surface area contributed by atoms with Crippen LogP contribution in [0.25, 0.3) is 0 Å². The molecule has 0 bridgehead atoms. The van der Waals surface area contributed by atoms with Crippen LogP contribution >= 0.6 is 0 Å². The first-order chi connectivity index (χ1) is 6.60. The molecular formula is C8H5NO5. The average molecular weight is 195 g/mol. The van der Waals surface area contributed by atoms with Crippen LogP contribution in [0.3, 0.4) is 0 Å². The van der Waals surface area contributed by atoms with Gasteiger partial charge in [-0.25, -0.2) is 0 Å². The zero-order valence-electron chi connectivity index (χ0n) is 6.84. The molecule has 0 saturated carbocycles. The van der Waals surface area contributed by atoms with Crippen molar-refractivity contribution in [1.82, 2.24) is 0 Å². The number of nitrogens with zero attached hydrogens (tertiary/aromatic N) is 1. The maximum Gasteiger partial charge on any atom is 0.271 e. The van der Waals surface area contributed by atoms with E-state index >= 15 is 0 Å². The SMILES string of the molecule is O=Cc1cc([N+](=O)[O-])cc(C=O)c1O. The van der Waals surface area contributed by atoms with Gasteiger partial charge in [0.2, 0.25) is 0 Å². The Morgan fingerprint density at radius 2 is 1.64 bits per heavy atom. The van der Waals surface area contributed by atoms with Crippen LogP contribution in [0.15, 0.2) is 12.1 Å². The third-order valence-electron chi connectivity index (χ3n) is 1.62. The maximum absolute atomic E-state index is 10.4. The second kappa shape index (κ2) is 3.65. The molecule has 0 spiro atoms. The molecule has 0 aliphatic rings. The Bertz CT molecular complexity index is 383. The van der Waals surface area contributed by atoms with Crippen LogP contribution in [0.4, 0.5) is 5.69 Å². The van der Waals surface area contributed by atoms with Crippen molar-refractivity contribution in [2.24, 2.45) is 0 Å². The van der Waals surface area contributed by atoms with Crippen LogP contribution in [-0.2, 0) is 0 Å².